The van der Waals surface area contributed by atoms with Gasteiger partial charge in [0.1, 0.15) is 5.69 Å². The predicted molar refractivity (Wildman–Crippen MR) is 99.9 cm³/mol. The van der Waals surface area contributed by atoms with Gasteiger partial charge in [0.2, 0.25) is 0 Å². The Labute approximate surface area is 165 Å². The van der Waals surface area contributed by atoms with Crippen LogP contribution in [0.1, 0.15) is 18.1 Å². The van der Waals surface area contributed by atoms with Crippen molar-refractivity contribution < 1.29 is 27.4 Å². The first-order valence-corrected chi connectivity index (χ1v) is 8.63. The molecular formula is C20H18F3N3O3. The highest BCUT2D eigenvalue weighted by molar-refractivity contribution is 6.21. The Balaban J connectivity index is 2.16. The highest BCUT2D eigenvalue weighted by atomic mass is 19.4. The van der Waals surface area contributed by atoms with E-state index in [0.717, 1.165) is 6.07 Å². The van der Waals surface area contributed by atoms with E-state index in [1.54, 1.807) is 13.0 Å². The Bertz CT molecular complexity index is 1010. The summed E-state index contributed by atoms with van der Waals surface area (Å²) in [5.74, 6) is -0.345. The molecule has 2 aromatic rings. The van der Waals surface area contributed by atoms with Crippen molar-refractivity contribution in [2.24, 2.45) is 4.99 Å². The highest BCUT2D eigenvalue weighted by Crippen LogP contribution is 2.36. The molecule has 0 aliphatic carbocycles. The third kappa shape index (κ3) is 4.19. The van der Waals surface area contributed by atoms with Crippen LogP contribution in [0.5, 0.6) is 0 Å². The zero-order valence-electron chi connectivity index (χ0n) is 16.0. The van der Waals surface area contributed by atoms with Gasteiger partial charge in [-0.15, -0.1) is 0 Å². The lowest BCUT2D eigenvalue weighted by Gasteiger charge is -2.12. The third-order valence-corrected chi connectivity index (χ3v) is 4.39. The first-order valence-electron chi connectivity index (χ1n) is 8.63. The summed E-state index contributed by atoms with van der Waals surface area (Å²) < 4.78 is 50.1. The summed E-state index contributed by atoms with van der Waals surface area (Å²) >= 11 is 0. The van der Waals surface area contributed by atoms with Gasteiger partial charge in [-0.1, -0.05) is 11.6 Å². The fraction of sp³-hybridized carbons (Fsp3) is 0.300. The molecule has 6 nitrogen and oxygen atoms in total. The Morgan fingerprint density at radius 1 is 1.21 bits per heavy atom. The molecule has 1 aliphatic rings. The normalized spacial score (nSPS) is 14.2. The summed E-state index contributed by atoms with van der Waals surface area (Å²) in [6, 6.07) is 5.29. The average Bonchev–Trinajstić information content (AvgIpc) is 2.82. The van der Waals surface area contributed by atoms with Crippen molar-refractivity contribution >= 4 is 17.5 Å². The number of carbonyl (C=O) groups excluding carboxylic acids is 1. The second-order valence-electron chi connectivity index (χ2n) is 6.39. The number of carbonyl (C=O) groups is 1. The number of rotatable bonds is 4. The lowest BCUT2D eigenvalue weighted by Crippen LogP contribution is -2.20. The van der Waals surface area contributed by atoms with E-state index in [1.165, 1.54) is 32.5 Å². The number of esters is 1. The molecule has 9 heteroatoms. The van der Waals surface area contributed by atoms with Crippen LogP contribution in [0, 0.1) is 0 Å². The largest absolute Gasteiger partial charge is 0.465 e. The quantitative estimate of drug-likeness (QED) is 0.721. The number of alkyl halides is 3. The zero-order chi connectivity index (χ0) is 21.2. The molecule has 0 amide bonds. The molecule has 29 heavy (non-hydrogen) atoms. The Hall–Kier alpha value is -3.07. The van der Waals surface area contributed by atoms with Crippen molar-refractivity contribution in [3.63, 3.8) is 0 Å². The molecule has 0 spiro atoms. The van der Waals surface area contributed by atoms with Crippen LogP contribution in [0.4, 0.5) is 19.0 Å². The minimum absolute atomic E-state index is 0.0184. The van der Waals surface area contributed by atoms with Gasteiger partial charge in [-0.05, 0) is 31.5 Å². The Morgan fingerprint density at radius 2 is 1.97 bits per heavy atom. The molecule has 2 aromatic heterocycles. The van der Waals surface area contributed by atoms with Gasteiger partial charge in [0.25, 0.3) is 0 Å². The van der Waals surface area contributed by atoms with Gasteiger partial charge in [-0.3, -0.25) is 4.98 Å². The zero-order valence-corrected chi connectivity index (χ0v) is 16.0. The molecule has 0 fully saturated rings. The number of nitrogens with zero attached hydrogens (tertiary/aromatic N) is 3. The molecule has 0 unspecified atom stereocenters. The van der Waals surface area contributed by atoms with E-state index in [1.807, 2.05) is 0 Å². The molecule has 0 bridgehead atoms. The number of methoxy groups -OCH3 is 2. The van der Waals surface area contributed by atoms with Crippen LogP contribution in [-0.2, 0) is 26.9 Å². The van der Waals surface area contributed by atoms with E-state index < -0.39 is 17.7 Å². The van der Waals surface area contributed by atoms with Gasteiger partial charge in [0.05, 0.1) is 36.3 Å². The second kappa shape index (κ2) is 8.12. The number of ether oxygens (including phenoxy) is 2. The molecule has 0 N–H and O–H groups in total. The third-order valence-electron chi connectivity index (χ3n) is 4.39. The average molecular weight is 405 g/mol. The van der Waals surface area contributed by atoms with Gasteiger partial charge in [0.15, 0.2) is 5.82 Å². The van der Waals surface area contributed by atoms with Crippen LogP contribution in [0.25, 0.3) is 11.4 Å². The fourth-order valence-corrected chi connectivity index (χ4v) is 3.12. The number of aliphatic imine (C=N–C) groups is 1. The number of pyridine rings is 2. The number of aromatic nitrogens is 2. The molecule has 152 valence electrons. The molecule has 0 saturated carbocycles. The Morgan fingerprint density at radius 3 is 2.62 bits per heavy atom. The van der Waals surface area contributed by atoms with Crippen molar-refractivity contribution in [1.82, 2.24) is 9.97 Å². The standard InChI is InChI=1S/C20H18F3N3O3/c1-11-9-12-6-7-14(17-13(20(21,22)23)5-4-8-24-17)25-18(12)26-15(10-28-2)16(11)19(27)29-3/h4-8H,9-10H2,1-3H3. The summed E-state index contributed by atoms with van der Waals surface area (Å²) in [6.45, 7) is 1.78. The summed E-state index contributed by atoms with van der Waals surface area (Å²) in [6.07, 6.45) is -2.95. The van der Waals surface area contributed by atoms with Gasteiger partial charge >= 0.3 is 12.1 Å². The second-order valence-corrected chi connectivity index (χ2v) is 6.39. The fourth-order valence-electron chi connectivity index (χ4n) is 3.12. The summed E-state index contributed by atoms with van der Waals surface area (Å²) in [5, 5.41) is 0. The number of allylic oxidation sites excluding steroid dienone is 1. The van der Waals surface area contributed by atoms with Crippen molar-refractivity contribution in [3.8, 4) is 11.4 Å². The smallest absolute Gasteiger partial charge is 0.418 e. The van der Waals surface area contributed by atoms with E-state index in [9.17, 15) is 18.0 Å². The maximum absolute atomic E-state index is 13.4. The van der Waals surface area contributed by atoms with E-state index in [4.69, 9.17) is 9.47 Å². The molecule has 0 aromatic carbocycles. The number of halogens is 3. The first kappa shape index (κ1) is 20.7. The number of hydrogen-bond acceptors (Lipinski definition) is 6. The van der Waals surface area contributed by atoms with Crippen LogP contribution in [0.2, 0.25) is 0 Å². The topological polar surface area (TPSA) is 73.7 Å². The van der Waals surface area contributed by atoms with E-state index in [0.29, 0.717) is 23.3 Å². The molecular weight excluding hydrogens is 387 g/mol. The monoisotopic (exact) mass is 405 g/mol. The number of hydrogen-bond donors (Lipinski definition) is 0. The molecule has 1 aliphatic heterocycles. The highest BCUT2D eigenvalue weighted by Gasteiger charge is 2.35. The van der Waals surface area contributed by atoms with Gasteiger partial charge in [0, 0.05) is 18.9 Å². The lowest BCUT2D eigenvalue weighted by molar-refractivity contribution is -0.137. The molecule has 3 heterocycles. The van der Waals surface area contributed by atoms with Crippen molar-refractivity contribution in [2.75, 3.05) is 20.8 Å². The van der Waals surface area contributed by atoms with Crippen molar-refractivity contribution in [2.45, 2.75) is 19.5 Å². The van der Waals surface area contributed by atoms with Crippen LogP contribution in [0.3, 0.4) is 0 Å². The van der Waals surface area contributed by atoms with Gasteiger partial charge < -0.3 is 9.47 Å². The Kier molecular flexibility index (Phi) is 5.78. The maximum atomic E-state index is 13.4. The van der Waals surface area contributed by atoms with Crippen LogP contribution >= 0.6 is 0 Å². The van der Waals surface area contributed by atoms with Crippen LogP contribution in [-0.4, -0.2) is 42.5 Å². The minimum atomic E-state index is -4.57. The van der Waals surface area contributed by atoms with Crippen molar-refractivity contribution in [3.05, 3.63) is 52.7 Å². The first-order chi connectivity index (χ1) is 13.8. The van der Waals surface area contributed by atoms with E-state index in [2.05, 4.69) is 15.0 Å². The summed E-state index contributed by atoms with van der Waals surface area (Å²) in [7, 11) is 2.72. The molecule has 0 saturated heterocycles. The number of fused-ring (bicyclic) bond motifs is 1. The van der Waals surface area contributed by atoms with Crippen LogP contribution < -0.4 is 0 Å². The van der Waals surface area contributed by atoms with Crippen LogP contribution in [0.15, 0.2) is 46.6 Å². The molecule has 0 atom stereocenters. The molecule has 0 radical (unpaired) electrons. The predicted octanol–water partition coefficient (Wildman–Crippen LogP) is 3.93. The maximum Gasteiger partial charge on any atom is 0.418 e. The van der Waals surface area contributed by atoms with Gasteiger partial charge in [-0.25, -0.2) is 14.8 Å². The van der Waals surface area contributed by atoms with Crippen molar-refractivity contribution in [1.29, 1.82) is 0 Å². The SMILES string of the molecule is COCC1=Nc2nc(-c3ncccc3C(F)(F)F)ccc2CC(C)=C1C(=O)OC. The van der Waals surface area contributed by atoms with E-state index >= 15 is 0 Å². The molecule has 3 rings (SSSR count). The van der Waals surface area contributed by atoms with Gasteiger partial charge in [-0.2, -0.15) is 13.2 Å². The summed E-state index contributed by atoms with van der Waals surface area (Å²) in [5.41, 5.74) is 0.828. The van der Waals surface area contributed by atoms with E-state index in [-0.39, 0.29) is 29.4 Å². The minimum Gasteiger partial charge on any atom is -0.465 e. The summed E-state index contributed by atoms with van der Waals surface area (Å²) in [4.78, 5) is 24.9. The lowest BCUT2D eigenvalue weighted by atomic mass is 10.00.